The predicted molar refractivity (Wildman–Crippen MR) is 92.5 cm³/mol. The van der Waals surface area contributed by atoms with Crippen LogP contribution in [0.5, 0.6) is 0 Å². The Morgan fingerprint density at radius 3 is 2.96 bits per heavy atom. The van der Waals surface area contributed by atoms with E-state index in [9.17, 15) is 4.79 Å². The molecule has 1 unspecified atom stereocenters. The highest BCUT2D eigenvalue weighted by atomic mass is 16.5. The van der Waals surface area contributed by atoms with Gasteiger partial charge in [0.05, 0.1) is 12.2 Å². The fourth-order valence-corrected chi connectivity index (χ4v) is 2.86. The van der Waals surface area contributed by atoms with Crippen LogP contribution in [-0.2, 0) is 11.3 Å². The van der Waals surface area contributed by atoms with E-state index in [1.54, 1.807) is 41.6 Å². The van der Waals surface area contributed by atoms with Gasteiger partial charge < -0.3 is 10.1 Å². The Labute approximate surface area is 150 Å². The first-order valence-electron chi connectivity index (χ1n) is 8.46. The highest BCUT2D eigenvalue weighted by molar-refractivity contribution is 5.94. The minimum absolute atomic E-state index is 0.0360. The van der Waals surface area contributed by atoms with E-state index in [4.69, 9.17) is 4.74 Å². The van der Waals surface area contributed by atoms with Gasteiger partial charge in [0.25, 0.3) is 5.91 Å². The molecule has 4 rings (SSSR count). The number of nitrogens with one attached hydrogen (secondary N) is 1. The zero-order valence-electron chi connectivity index (χ0n) is 14.1. The first-order valence-corrected chi connectivity index (χ1v) is 8.46. The van der Waals surface area contributed by atoms with Crippen molar-refractivity contribution < 1.29 is 9.53 Å². The zero-order valence-corrected chi connectivity index (χ0v) is 14.1. The molecular weight excluding hydrogens is 332 g/mol. The van der Waals surface area contributed by atoms with Crippen molar-refractivity contribution in [2.45, 2.75) is 25.5 Å². The third kappa shape index (κ3) is 3.60. The molecule has 2 aromatic heterocycles. The minimum atomic E-state index is -0.169. The Balaban J connectivity index is 1.43. The third-order valence-corrected chi connectivity index (χ3v) is 4.20. The molecule has 1 fully saturated rings. The molecule has 1 atom stereocenters. The van der Waals surface area contributed by atoms with Crippen molar-refractivity contribution in [3.8, 4) is 5.69 Å². The SMILES string of the molecule is O=C(NCc1ccnc(C2CCCO2)n1)c1cccc(-n2cnnc2)c1. The molecule has 3 aromatic rings. The maximum Gasteiger partial charge on any atom is 0.251 e. The fourth-order valence-electron chi connectivity index (χ4n) is 2.86. The van der Waals surface area contributed by atoms with Gasteiger partial charge in [-0.25, -0.2) is 9.97 Å². The summed E-state index contributed by atoms with van der Waals surface area (Å²) in [5.74, 6) is 0.515. The van der Waals surface area contributed by atoms with Crippen molar-refractivity contribution in [2.24, 2.45) is 0 Å². The fraction of sp³-hybridized carbons (Fsp3) is 0.278. The van der Waals surface area contributed by atoms with Crippen LogP contribution in [0.1, 0.15) is 40.8 Å². The summed E-state index contributed by atoms with van der Waals surface area (Å²) in [4.78, 5) is 21.3. The number of carbonyl (C=O) groups excluding carboxylic acids is 1. The molecule has 3 heterocycles. The van der Waals surface area contributed by atoms with Crippen molar-refractivity contribution in [1.82, 2.24) is 30.0 Å². The number of ether oxygens (including phenoxy) is 1. The molecule has 0 saturated carbocycles. The average molecular weight is 350 g/mol. The van der Waals surface area contributed by atoms with Crippen molar-refractivity contribution in [3.63, 3.8) is 0 Å². The van der Waals surface area contributed by atoms with Crippen LogP contribution in [-0.4, -0.2) is 37.2 Å². The van der Waals surface area contributed by atoms with Crippen molar-refractivity contribution in [3.05, 3.63) is 66.3 Å². The van der Waals surface area contributed by atoms with Crippen molar-refractivity contribution in [1.29, 1.82) is 0 Å². The van der Waals surface area contributed by atoms with Gasteiger partial charge in [0, 0.05) is 24.1 Å². The summed E-state index contributed by atoms with van der Waals surface area (Å²) in [6, 6.07) is 9.06. The van der Waals surface area contributed by atoms with Gasteiger partial charge in [-0.05, 0) is 37.1 Å². The second-order valence-electron chi connectivity index (χ2n) is 6.01. The van der Waals surface area contributed by atoms with Gasteiger partial charge in [-0.2, -0.15) is 0 Å². The summed E-state index contributed by atoms with van der Waals surface area (Å²) in [5, 5.41) is 10.5. The summed E-state index contributed by atoms with van der Waals surface area (Å²) in [7, 11) is 0. The summed E-state index contributed by atoms with van der Waals surface area (Å²) in [6.07, 6.45) is 6.81. The van der Waals surface area contributed by atoms with Crippen LogP contribution in [0.2, 0.25) is 0 Å². The number of hydrogen-bond donors (Lipinski definition) is 1. The van der Waals surface area contributed by atoms with Gasteiger partial charge in [-0.1, -0.05) is 6.07 Å². The molecular formula is C18H18N6O2. The Bertz CT molecular complexity index is 890. The van der Waals surface area contributed by atoms with Gasteiger partial charge in [-0.3, -0.25) is 9.36 Å². The van der Waals surface area contributed by atoms with Crippen LogP contribution in [0.4, 0.5) is 0 Å². The first kappa shape index (κ1) is 16.3. The number of nitrogens with zero attached hydrogens (tertiary/aromatic N) is 5. The largest absolute Gasteiger partial charge is 0.370 e. The number of amides is 1. The van der Waals surface area contributed by atoms with E-state index in [-0.39, 0.29) is 12.0 Å². The lowest BCUT2D eigenvalue weighted by atomic mass is 10.2. The molecule has 1 amide bonds. The summed E-state index contributed by atoms with van der Waals surface area (Å²) < 4.78 is 7.36. The monoisotopic (exact) mass is 350 g/mol. The maximum atomic E-state index is 12.5. The van der Waals surface area contributed by atoms with Crippen LogP contribution in [0.3, 0.4) is 0 Å². The van der Waals surface area contributed by atoms with Gasteiger partial charge in [-0.15, -0.1) is 10.2 Å². The highest BCUT2D eigenvalue weighted by Gasteiger charge is 2.20. The van der Waals surface area contributed by atoms with Gasteiger partial charge in [0.15, 0.2) is 5.82 Å². The normalized spacial score (nSPS) is 16.5. The van der Waals surface area contributed by atoms with E-state index < -0.39 is 0 Å². The van der Waals surface area contributed by atoms with Crippen LogP contribution in [0.15, 0.2) is 49.2 Å². The molecule has 0 spiro atoms. The molecule has 1 aliphatic heterocycles. The highest BCUT2D eigenvalue weighted by Crippen LogP contribution is 2.25. The van der Waals surface area contributed by atoms with E-state index >= 15 is 0 Å². The molecule has 1 N–H and O–H groups in total. The van der Waals surface area contributed by atoms with Gasteiger partial charge in [0.1, 0.15) is 18.8 Å². The Morgan fingerprint density at radius 1 is 1.27 bits per heavy atom. The first-order chi connectivity index (χ1) is 12.8. The second-order valence-corrected chi connectivity index (χ2v) is 6.01. The van der Waals surface area contributed by atoms with E-state index in [1.165, 1.54) is 0 Å². The number of hydrogen-bond acceptors (Lipinski definition) is 6. The third-order valence-electron chi connectivity index (χ3n) is 4.20. The molecule has 0 aliphatic carbocycles. The predicted octanol–water partition coefficient (Wildman–Crippen LogP) is 1.84. The number of rotatable bonds is 5. The van der Waals surface area contributed by atoms with Crippen LogP contribution < -0.4 is 5.32 Å². The number of carbonyl (C=O) groups is 1. The topological polar surface area (TPSA) is 94.8 Å². The van der Waals surface area contributed by atoms with E-state index in [1.807, 2.05) is 12.1 Å². The summed E-state index contributed by atoms with van der Waals surface area (Å²) in [5.41, 5.74) is 2.14. The Morgan fingerprint density at radius 2 is 2.15 bits per heavy atom. The standard InChI is InChI=1S/C18H18N6O2/c25-18(13-3-1-4-15(9-13)24-11-21-22-12-24)20-10-14-6-7-19-17(23-14)16-5-2-8-26-16/h1,3-4,6-7,9,11-12,16H,2,5,8,10H2,(H,20,25). The van der Waals surface area contributed by atoms with Crippen LogP contribution in [0.25, 0.3) is 5.69 Å². The van der Waals surface area contributed by atoms with Crippen molar-refractivity contribution in [2.75, 3.05) is 6.61 Å². The van der Waals surface area contributed by atoms with Crippen molar-refractivity contribution >= 4 is 5.91 Å². The molecule has 0 bridgehead atoms. The van der Waals surface area contributed by atoms with Crippen LogP contribution in [0, 0.1) is 0 Å². The summed E-state index contributed by atoms with van der Waals surface area (Å²) >= 11 is 0. The molecule has 8 nitrogen and oxygen atoms in total. The Kier molecular flexibility index (Phi) is 4.65. The molecule has 8 heteroatoms. The van der Waals surface area contributed by atoms with E-state index in [0.717, 1.165) is 30.8 Å². The zero-order chi connectivity index (χ0) is 17.8. The lowest BCUT2D eigenvalue weighted by molar-refractivity contribution is 0.0949. The molecule has 0 radical (unpaired) electrons. The number of benzene rings is 1. The van der Waals surface area contributed by atoms with E-state index in [2.05, 4.69) is 25.5 Å². The average Bonchev–Trinajstić information content (AvgIpc) is 3.40. The lowest BCUT2D eigenvalue weighted by Crippen LogP contribution is -2.23. The Hall–Kier alpha value is -3.13. The second kappa shape index (κ2) is 7.40. The van der Waals surface area contributed by atoms with Gasteiger partial charge >= 0.3 is 0 Å². The number of aromatic nitrogens is 5. The van der Waals surface area contributed by atoms with Crippen LogP contribution >= 0.6 is 0 Å². The molecule has 1 aliphatic rings. The lowest BCUT2D eigenvalue weighted by Gasteiger charge is -2.10. The maximum absolute atomic E-state index is 12.5. The molecule has 1 saturated heterocycles. The smallest absolute Gasteiger partial charge is 0.251 e. The van der Waals surface area contributed by atoms with Gasteiger partial charge in [0.2, 0.25) is 0 Å². The minimum Gasteiger partial charge on any atom is -0.370 e. The molecule has 1 aromatic carbocycles. The summed E-state index contributed by atoms with van der Waals surface area (Å²) in [6.45, 7) is 1.08. The molecule has 132 valence electrons. The quantitative estimate of drug-likeness (QED) is 0.754. The van der Waals surface area contributed by atoms with E-state index in [0.29, 0.717) is 17.9 Å². The molecule has 26 heavy (non-hydrogen) atoms.